The summed E-state index contributed by atoms with van der Waals surface area (Å²) in [6.07, 6.45) is 5.55. The number of nitrogens with zero attached hydrogens (tertiary/aromatic N) is 1. The third-order valence-electron chi connectivity index (χ3n) is 3.92. The van der Waals surface area contributed by atoms with Crippen LogP contribution < -0.4 is 14.2 Å². The van der Waals surface area contributed by atoms with Gasteiger partial charge in [0.15, 0.2) is 18.1 Å². The zero-order valence-corrected chi connectivity index (χ0v) is 15.8. The lowest BCUT2D eigenvalue weighted by Crippen LogP contribution is -2.18. The third-order valence-corrected chi connectivity index (χ3v) is 3.92. The van der Waals surface area contributed by atoms with Crippen molar-refractivity contribution in [3.05, 3.63) is 83.7 Å². The van der Waals surface area contributed by atoms with E-state index < -0.39 is 5.97 Å². The molecular formula is C23H21NO4. The minimum Gasteiger partial charge on any atom is -0.493 e. The van der Waals surface area contributed by atoms with Gasteiger partial charge < -0.3 is 14.2 Å². The summed E-state index contributed by atoms with van der Waals surface area (Å²) in [5.74, 6) is 0.919. The predicted molar refractivity (Wildman–Crippen MR) is 108 cm³/mol. The molecule has 28 heavy (non-hydrogen) atoms. The molecule has 0 bridgehead atoms. The van der Waals surface area contributed by atoms with Crippen LogP contribution in [0.5, 0.6) is 17.2 Å². The molecule has 0 saturated carbocycles. The Balaban J connectivity index is 1.62. The van der Waals surface area contributed by atoms with Crippen molar-refractivity contribution >= 4 is 18.1 Å². The first kappa shape index (κ1) is 19.2. The van der Waals surface area contributed by atoms with Crippen molar-refractivity contribution in [2.75, 3.05) is 13.7 Å². The number of carbonyl (C=O) groups excluding carboxylic acids is 1. The SMILES string of the molecule is COc1cc(/C=C/c2ccccn2)ccc1OC(=O)COc1ccc(C)cc1. The van der Waals surface area contributed by atoms with Crippen molar-refractivity contribution in [1.29, 1.82) is 0 Å². The highest BCUT2D eigenvalue weighted by molar-refractivity contribution is 5.76. The number of ether oxygens (including phenoxy) is 3. The number of aromatic nitrogens is 1. The molecule has 0 radical (unpaired) electrons. The molecule has 1 aromatic heterocycles. The van der Waals surface area contributed by atoms with Crippen LogP contribution in [0.25, 0.3) is 12.2 Å². The number of hydrogen-bond acceptors (Lipinski definition) is 5. The lowest BCUT2D eigenvalue weighted by atomic mass is 10.1. The summed E-state index contributed by atoms with van der Waals surface area (Å²) in [7, 11) is 1.53. The fourth-order valence-electron chi connectivity index (χ4n) is 2.46. The van der Waals surface area contributed by atoms with Gasteiger partial charge >= 0.3 is 5.97 Å². The van der Waals surface area contributed by atoms with Crippen molar-refractivity contribution in [2.45, 2.75) is 6.92 Å². The summed E-state index contributed by atoms with van der Waals surface area (Å²) in [5.41, 5.74) is 2.88. The quantitative estimate of drug-likeness (QED) is 0.448. The Hall–Kier alpha value is -3.60. The fraction of sp³-hybridized carbons (Fsp3) is 0.130. The summed E-state index contributed by atoms with van der Waals surface area (Å²) in [4.78, 5) is 16.3. The summed E-state index contributed by atoms with van der Waals surface area (Å²) in [6, 6.07) is 18.5. The Morgan fingerprint density at radius 3 is 2.54 bits per heavy atom. The van der Waals surface area contributed by atoms with Gasteiger partial charge in [0.2, 0.25) is 0 Å². The van der Waals surface area contributed by atoms with Gasteiger partial charge in [-0.15, -0.1) is 0 Å². The monoisotopic (exact) mass is 375 g/mol. The number of hydrogen-bond donors (Lipinski definition) is 0. The van der Waals surface area contributed by atoms with E-state index in [0.717, 1.165) is 16.8 Å². The summed E-state index contributed by atoms with van der Waals surface area (Å²) in [6.45, 7) is 1.80. The Morgan fingerprint density at radius 1 is 1.00 bits per heavy atom. The van der Waals surface area contributed by atoms with Crippen LogP contribution in [-0.4, -0.2) is 24.7 Å². The van der Waals surface area contributed by atoms with Crippen molar-refractivity contribution in [3.63, 3.8) is 0 Å². The molecule has 1 heterocycles. The lowest BCUT2D eigenvalue weighted by Gasteiger charge is -2.11. The van der Waals surface area contributed by atoms with E-state index in [1.807, 2.05) is 67.6 Å². The number of esters is 1. The first-order chi connectivity index (χ1) is 13.6. The molecule has 0 spiro atoms. The highest BCUT2D eigenvalue weighted by Crippen LogP contribution is 2.29. The van der Waals surface area contributed by atoms with E-state index in [4.69, 9.17) is 14.2 Å². The number of carbonyl (C=O) groups is 1. The first-order valence-electron chi connectivity index (χ1n) is 8.81. The molecule has 2 aromatic carbocycles. The molecule has 142 valence electrons. The maximum absolute atomic E-state index is 12.1. The molecule has 0 unspecified atom stereocenters. The second kappa shape index (κ2) is 9.37. The minimum absolute atomic E-state index is 0.187. The van der Waals surface area contributed by atoms with Crippen LogP contribution in [0.2, 0.25) is 0 Å². The van der Waals surface area contributed by atoms with E-state index in [0.29, 0.717) is 17.2 Å². The second-order valence-corrected chi connectivity index (χ2v) is 6.07. The van der Waals surface area contributed by atoms with Gasteiger partial charge in [-0.3, -0.25) is 4.98 Å². The molecule has 0 saturated heterocycles. The molecule has 3 rings (SSSR count). The van der Waals surface area contributed by atoms with Crippen LogP contribution >= 0.6 is 0 Å². The van der Waals surface area contributed by atoms with Gasteiger partial charge in [-0.05, 0) is 55.0 Å². The van der Waals surface area contributed by atoms with E-state index in [2.05, 4.69) is 4.98 Å². The number of methoxy groups -OCH3 is 1. The topological polar surface area (TPSA) is 57.7 Å². The molecule has 5 heteroatoms. The predicted octanol–water partition coefficient (Wildman–Crippen LogP) is 4.55. The molecule has 5 nitrogen and oxygen atoms in total. The smallest absolute Gasteiger partial charge is 0.349 e. The lowest BCUT2D eigenvalue weighted by molar-refractivity contribution is -0.136. The number of aryl methyl sites for hydroxylation is 1. The molecule has 0 aliphatic heterocycles. The van der Waals surface area contributed by atoms with Crippen molar-refractivity contribution in [3.8, 4) is 17.2 Å². The van der Waals surface area contributed by atoms with Gasteiger partial charge in [-0.1, -0.05) is 35.9 Å². The van der Waals surface area contributed by atoms with Crippen LogP contribution in [0.4, 0.5) is 0 Å². The molecule has 0 N–H and O–H groups in total. The van der Waals surface area contributed by atoms with Crippen molar-refractivity contribution in [2.24, 2.45) is 0 Å². The fourth-order valence-corrected chi connectivity index (χ4v) is 2.46. The van der Waals surface area contributed by atoms with Crippen molar-refractivity contribution < 1.29 is 19.0 Å². The molecule has 3 aromatic rings. The number of rotatable bonds is 7. The third kappa shape index (κ3) is 5.45. The van der Waals surface area contributed by atoms with Gasteiger partial charge in [0.25, 0.3) is 0 Å². The second-order valence-electron chi connectivity index (χ2n) is 6.07. The molecule has 0 aliphatic carbocycles. The van der Waals surface area contributed by atoms with E-state index in [-0.39, 0.29) is 6.61 Å². The minimum atomic E-state index is -0.504. The Morgan fingerprint density at radius 2 is 1.82 bits per heavy atom. The zero-order valence-electron chi connectivity index (χ0n) is 15.8. The Labute approximate surface area is 164 Å². The number of pyridine rings is 1. The normalized spacial score (nSPS) is 10.6. The Bertz CT molecular complexity index is 950. The average Bonchev–Trinajstić information content (AvgIpc) is 2.73. The molecule has 0 atom stereocenters. The van der Waals surface area contributed by atoms with Crippen LogP contribution in [0.3, 0.4) is 0 Å². The maximum atomic E-state index is 12.1. The van der Waals surface area contributed by atoms with E-state index >= 15 is 0 Å². The summed E-state index contributed by atoms with van der Waals surface area (Å²) < 4.78 is 16.2. The van der Waals surface area contributed by atoms with E-state index in [1.165, 1.54) is 7.11 Å². The van der Waals surface area contributed by atoms with Gasteiger partial charge in [0.1, 0.15) is 5.75 Å². The van der Waals surface area contributed by atoms with Crippen LogP contribution in [0.15, 0.2) is 66.9 Å². The van der Waals surface area contributed by atoms with E-state index in [9.17, 15) is 4.79 Å². The van der Waals surface area contributed by atoms with E-state index in [1.54, 1.807) is 18.3 Å². The van der Waals surface area contributed by atoms with Gasteiger partial charge in [0, 0.05) is 6.20 Å². The average molecular weight is 375 g/mol. The van der Waals surface area contributed by atoms with Gasteiger partial charge in [0.05, 0.1) is 12.8 Å². The summed E-state index contributed by atoms with van der Waals surface area (Å²) >= 11 is 0. The Kier molecular flexibility index (Phi) is 6.41. The van der Waals surface area contributed by atoms with Gasteiger partial charge in [-0.25, -0.2) is 4.79 Å². The van der Waals surface area contributed by atoms with Crippen molar-refractivity contribution in [1.82, 2.24) is 4.98 Å². The molecule has 0 amide bonds. The highest BCUT2D eigenvalue weighted by Gasteiger charge is 2.11. The van der Waals surface area contributed by atoms with Crippen LogP contribution in [0.1, 0.15) is 16.8 Å². The molecule has 0 fully saturated rings. The number of benzene rings is 2. The van der Waals surface area contributed by atoms with Gasteiger partial charge in [-0.2, -0.15) is 0 Å². The highest BCUT2D eigenvalue weighted by atomic mass is 16.6. The largest absolute Gasteiger partial charge is 0.493 e. The standard InChI is InChI=1S/C23H21NO4/c1-17-6-11-20(12-7-17)27-16-23(25)28-21-13-9-18(15-22(21)26-2)8-10-19-5-3-4-14-24-19/h3-15H,16H2,1-2H3/b10-8+. The molecular weight excluding hydrogens is 354 g/mol. The maximum Gasteiger partial charge on any atom is 0.349 e. The summed E-state index contributed by atoms with van der Waals surface area (Å²) in [5, 5.41) is 0. The van der Waals surface area contributed by atoms with Crippen LogP contribution in [0, 0.1) is 6.92 Å². The zero-order chi connectivity index (χ0) is 19.8. The first-order valence-corrected chi connectivity index (χ1v) is 8.81. The van der Waals surface area contributed by atoms with Crippen LogP contribution in [-0.2, 0) is 4.79 Å². The molecule has 0 aliphatic rings.